The number of aromatic nitrogens is 2. The Labute approximate surface area is 199 Å². The third-order valence-corrected chi connectivity index (χ3v) is 6.61. The summed E-state index contributed by atoms with van der Waals surface area (Å²) >= 11 is 0. The minimum atomic E-state index is -0.599. The van der Waals surface area contributed by atoms with Gasteiger partial charge in [0.25, 0.3) is 0 Å². The van der Waals surface area contributed by atoms with Gasteiger partial charge in [-0.1, -0.05) is 36.4 Å². The number of rotatable bonds is 5. The van der Waals surface area contributed by atoms with E-state index < -0.39 is 17.9 Å². The standard InChI is InChI=1S/C27H29N3O4/c1-16-11-7-8-12-20(16)25-23(26(31)33-5)17(2)29(18(3)24(25)27(32)34-6)15-30-19(4)28-21-13-9-10-14-22(21)30/h7-14,25H,15H2,1-6H3. The summed E-state index contributed by atoms with van der Waals surface area (Å²) in [6.45, 7) is 8.08. The molecular formula is C27H29N3O4. The molecule has 7 heteroatoms. The van der Waals surface area contributed by atoms with Crippen LogP contribution in [0.2, 0.25) is 0 Å². The fraction of sp³-hybridized carbons (Fsp3) is 0.296. The van der Waals surface area contributed by atoms with Crippen LogP contribution in [0.15, 0.2) is 71.1 Å². The Morgan fingerprint density at radius 1 is 0.853 bits per heavy atom. The smallest absolute Gasteiger partial charge is 0.336 e. The van der Waals surface area contributed by atoms with Gasteiger partial charge in [-0.2, -0.15) is 0 Å². The van der Waals surface area contributed by atoms with Crippen molar-refractivity contribution in [3.05, 3.63) is 88.0 Å². The van der Waals surface area contributed by atoms with Crippen molar-refractivity contribution in [2.45, 2.75) is 40.3 Å². The van der Waals surface area contributed by atoms with E-state index in [-0.39, 0.29) is 0 Å². The van der Waals surface area contributed by atoms with Crippen molar-refractivity contribution in [1.82, 2.24) is 14.5 Å². The lowest BCUT2D eigenvalue weighted by Gasteiger charge is -2.38. The van der Waals surface area contributed by atoms with Crippen LogP contribution in [0.1, 0.15) is 36.7 Å². The van der Waals surface area contributed by atoms with Gasteiger partial charge in [0.05, 0.1) is 42.3 Å². The number of fused-ring (bicyclic) bond motifs is 1. The monoisotopic (exact) mass is 459 g/mol. The molecule has 0 radical (unpaired) electrons. The molecule has 0 spiro atoms. The van der Waals surface area contributed by atoms with Crippen LogP contribution >= 0.6 is 0 Å². The second-order valence-corrected chi connectivity index (χ2v) is 8.42. The minimum absolute atomic E-state index is 0.380. The number of allylic oxidation sites excluding steroid dienone is 2. The number of esters is 2. The Bertz CT molecular complexity index is 1310. The molecule has 0 saturated heterocycles. The van der Waals surface area contributed by atoms with Crippen LogP contribution in [0.25, 0.3) is 11.0 Å². The first kappa shape index (κ1) is 23.3. The van der Waals surface area contributed by atoms with Gasteiger partial charge in [-0.25, -0.2) is 14.6 Å². The highest BCUT2D eigenvalue weighted by Crippen LogP contribution is 2.44. The first-order valence-corrected chi connectivity index (χ1v) is 11.1. The molecule has 34 heavy (non-hydrogen) atoms. The Kier molecular flexibility index (Phi) is 6.28. The van der Waals surface area contributed by atoms with E-state index in [9.17, 15) is 9.59 Å². The van der Waals surface area contributed by atoms with Crippen molar-refractivity contribution in [3.8, 4) is 0 Å². The van der Waals surface area contributed by atoms with E-state index in [2.05, 4.69) is 9.55 Å². The first-order chi connectivity index (χ1) is 16.3. The highest BCUT2D eigenvalue weighted by molar-refractivity contribution is 6.00. The number of hydrogen-bond acceptors (Lipinski definition) is 6. The molecule has 4 rings (SSSR count). The predicted octanol–water partition coefficient (Wildman–Crippen LogP) is 4.60. The van der Waals surface area contributed by atoms with Crippen LogP contribution in [0.5, 0.6) is 0 Å². The van der Waals surface area contributed by atoms with Crippen molar-refractivity contribution in [3.63, 3.8) is 0 Å². The van der Waals surface area contributed by atoms with E-state index in [0.717, 1.165) is 39.4 Å². The first-order valence-electron chi connectivity index (χ1n) is 11.1. The normalized spacial score (nSPS) is 14.7. The minimum Gasteiger partial charge on any atom is -0.466 e. The summed E-state index contributed by atoms with van der Waals surface area (Å²) in [6.07, 6.45) is 0. The molecule has 0 N–H and O–H groups in total. The number of benzene rings is 2. The van der Waals surface area contributed by atoms with E-state index in [4.69, 9.17) is 9.47 Å². The van der Waals surface area contributed by atoms with E-state index >= 15 is 0 Å². The number of para-hydroxylation sites is 2. The average Bonchev–Trinajstić information content (AvgIpc) is 3.15. The molecule has 0 atom stereocenters. The zero-order valence-electron chi connectivity index (χ0n) is 20.4. The Morgan fingerprint density at radius 3 is 2.00 bits per heavy atom. The molecule has 1 aliphatic rings. The van der Waals surface area contributed by atoms with E-state index in [1.54, 1.807) is 0 Å². The Hall–Kier alpha value is -3.87. The number of methoxy groups -OCH3 is 2. The maximum absolute atomic E-state index is 13.2. The lowest BCUT2D eigenvalue weighted by molar-refractivity contribution is -0.137. The fourth-order valence-electron chi connectivity index (χ4n) is 4.81. The average molecular weight is 460 g/mol. The molecule has 1 aromatic heterocycles. The molecule has 2 heterocycles. The number of hydrogen-bond donors (Lipinski definition) is 0. The predicted molar refractivity (Wildman–Crippen MR) is 130 cm³/mol. The SMILES string of the molecule is COC(=O)C1=C(C)N(Cn2c(C)nc3ccccc32)C(C)=C(C(=O)OC)C1c1ccccc1C. The highest BCUT2D eigenvalue weighted by atomic mass is 16.5. The number of carbonyl (C=O) groups excluding carboxylic acids is 2. The van der Waals surface area contributed by atoms with Crippen LogP contribution in [0.3, 0.4) is 0 Å². The Morgan fingerprint density at radius 2 is 1.41 bits per heavy atom. The number of carbonyl (C=O) groups is 2. The molecule has 0 aliphatic carbocycles. The van der Waals surface area contributed by atoms with Gasteiger partial charge in [-0.3, -0.25) is 0 Å². The topological polar surface area (TPSA) is 73.7 Å². The molecule has 3 aromatic rings. The summed E-state index contributed by atoms with van der Waals surface area (Å²) in [5, 5.41) is 0. The third-order valence-electron chi connectivity index (χ3n) is 6.61. The maximum Gasteiger partial charge on any atom is 0.336 e. The van der Waals surface area contributed by atoms with Gasteiger partial charge in [0.1, 0.15) is 12.5 Å². The molecule has 0 amide bonds. The van der Waals surface area contributed by atoms with Gasteiger partial charge in [0.2, 0.25) is 0 Å². The molecular weight excluding hydrogens is 430 g/mol. The van der Waals surface area contributed by atoms with Gasteiger partial charge in [-0.15, -0.1) is 0 Å². The maximum atomic E-state index is 13.2. The van der Waals surface area contributed by atoms with Crippen molar-refractivity contribution in [2.75, 3.05) is 14.2 Å². The summed E-state index contributed by atoms with van der Waals surface area (Å²) in [6, 6.07) is 15.6. The number of imidazole rings is 1. The van der Waals surface area contributed by atoms with E-state index in [1.807, 2.05) is 81.1 Å². The van der Waals surface area contributed by atoms with Crippen molar-refractivity contribution >= 4 is 23.0 Å². The zero-order valence-corrected chi connectivity index (χ0v) is 20.4. The largest absolute Gasteiger partial charge is 0.466 e. The van der Waals surface area contributed by atoms with Gasteiger partial charge >= 0.3 is 11.9 Å². The lowest BCUT2D eigenvalue weighted by atomic mass is 9.78. The van der Waals surface area contributed by atoms with Gasteiger partial charge < -0.3 is 18.9 Å². The number of nitrogens with zero attached hydrogens (tertiary/aromatic N) is 3. The summed E-state index contributed by atoms with van der Waals surface area (Å²) < 4.78 is 12.5. The molecule has 176 valence electrons. The van der Waals surface area contributed by atoms with Gasteiger partial charge in [0, 0.05) is 11.4 Å². The van der Waals surface area contributed by atoms with Crippen LogP contribution in [-0.2, 0) is 25.7 Å². The molecule has 0 bridgehead atoms. The fourth-order valence-corrected chi connectivity index (χ4v) is 4.81. The molecule has 2 aromatic carbocycles. The van der Waals surface area contributed by atoms with Crippen LogP contribution in [-0.4, -0.2) is 40.6 Å². The molecule has 0 saturated carbocycles. The summed E-state index contributed by atoms with van der Waals surface area (Å²) in [7, 11) is 2.72. The number of aryl methyl sites for hydroxylation is 2. The highest BCUT2D eigenvalue weighted by Gasteiger charge is 2.41. The second kappa shape index (κ2) is 9.17. The van der Waals surface area contributed by atoms with Crippen LogP contribution < -0.4 is 0 Å². The quantitative estimate of drug-likeness (QED) is 0.519. The Balaban J connectivity index is 1.95. The summed E-state index contributed by atoms with van der Waals surface area (Å²) in [5.74, 6) is -0.714. The zero-order chi connectivity index (χ0) is 24.6. The van der Waals surface area contributed by atoms with Crippen LogP contribution in [0.4, 0.5) is 0 Å². The van der Waals surface area contributed by atoms with E-state index in [1.165, 1.54) is 14.2 Å². The van der Waals surface area contributed by atoms with E-state index in [0.29, 0.717) is 17.8 Å². The second-order valence-electron chi connectivity index (χ2n) is 8.42. The van der Waals surface area contributed by atoms with Crippen molar-refractivity contribution in [2.24, 2.45) is 0 Å². The summed E-state index contributed by atoms with van der Waals surface area (Å²) in [5.41, 5.74) is 5.99. The number of ether oxygens (including phenoxy) is 2. The molecule has 1 aliphatic heterocycles. The van der Waals surface area contributed by atoms with Crippen molar-refractivity contribution in [1.29, 1.82) is 0 Å². The molecule has 7 nitrogen and oxygen atoms in total. The van der Waals surface area contributed by atoms with Crippen molar-refractivity contribution < 1.29 is 19.1 Å². The summed E-state index contributed by atoms with van der Waals surface area (Å²) in [4.78, 5) is 33.0. The molecule has 0 unspecified atom stereocenters. The van der Waals surface area contributed by atoms with Crippen LogP contribution in [0, 0.1) is 13.8 Å². The molecule has 0 fully saturated rings. The lowest BCUT2D eigenvalue weighted by Crippen LogP contribution is -2.36. The third kappa shape index (κ3) is 3.77. The van der Waals surface area contributed by atoms with Gasteiger partial charge in [0.15, 0.2) is 0 Å². The van der Waals surface area contributed by atoms with Gasteiger partial charge in [-0.05, 0) is 51.0 Å².